The molecule has 1 saturated heterocycles. The van der Waals surface area contributed by atoms with Gasteiger partial charge in [-0.3, -0.25) is 4.99 Å². The minimum atomic E-state index is 0. The highest BCUT2D eigenvalue weighted by molar-refractivity contribution is 14.0. The topological polar surface area (TPSA) is 44.9 Å². The number of hydrogen-bond acceptors (Lipinski definition) is 3. The van der Waals surface area contributed by atoms with Crippen LogP contribution in [0.2, 0.25) is 0 Å². The van der Waals surface area contributed by atoms with Crippen LogP contribution in [0.15, 0.2) is 35.6 Å². The summed E-state index contributed by atoms with van der Waals surface area (Å²) in [5, 5.41) is 4.16. The number of aromatic nitrogens is 2. The third kappa shape index (κ3) is 5.52. The standard InChI is InChI=1S/C19H29N5S.HI/c1-4-20-19(24-11-12-25-17(14-24)15(2)3)21-9-8-16-13-23-10-6-5-7-18(23)22-16;/h5-7,10,13,15,17H,4,8-9,11-12,14H2,1-3H3,(H,20,21);1H. The Bertz CT molecular complexity index is 682. The van der Waals surface area contributed by atoms with Gasteiger partial charge in [0.25, 0.3) is 0 Å². The predicted octanol–water partition coefficient (Wildman–Crippen LogP) is 3.53. The van der Waals surface area contributed by atoms with E-state index in [4.69, 9.17) is 4.99 Å². The summed E-state index contributed by atoms with van der Waals surface area (Å²) in [5.74, 6) is 2.94. The molecule has 0 bridgehead atoms. The van der Waals surface area contributed by atoms with Crippen LogP contribution in [-0.2, 0) is 6.42 Å². The lowest BCUT2D eigenvalue weighted by Crippen LogP contribution is -2.49. The van der Waals surface area contributed by atoms with Crippen LogP contribution in [0.1, 0.15) is 26.5 Å². The van der Waals surface area contributed by atoms with E-state index in [1.165, 1.54) is 5.75 Å². The maximum absolute atomic E-state index is 4.87. The minimum absolute atomic E-state index is 0. The molecule has 2 aromatic rings. The Morgan fingerprint density at radius 3 is 3.00 bits per heavy atom. The van der Waals surface area contributed by atoms with Gasteiger partial charge in [0.2, 0.25) is 0 Å². The highest BCUT2D eigenvalue weighted by Crippen LogP contribution is 2.24. The first-order chi connectivity index (χ1) is 12.2. The van der Waals surface area contributed by atoms with Crippen LogP contribution < -0.4 is 5.32 Å². The van der Waals surface area contributed by atoms with Gasteiger partial charge in [-0.1, -0.05) is 19.9 Å². The molecular formula is C19H30IN5S. The summed E-state index contributed by atoms with van der Waals surface area (Å²) in [6.45, 7) is 10.6. The van der Waals surface area contributed by atoms with Crippen LogP contribution >= 0.6 is 35.7 Å². The van der Waals surface area contributed by atoms with Gasteiger partial charge in [0.05, 0.1) is 5.69 Å². The number of aliphatic imine (C=N–C) groups is 1. The minimum Gasteiger partial charge on any atom is -0.357 e. The van der Waals surface area contributed by atoms with Gasteiger partial charge in [0, 0.05) is 56.0 Å². The van der Waals surface area contributed by atoms with E-state index in [-0.39, 0.29) is 24.0 Å². The first-order valence-electron chi connectivity index (χ1n) is 9.25. The van der Waals surface area contributed by atoms with E-state index in [0.717, 1.165) is 49.9 Å². The molecule has 26 heavy (non-hydrogen) atoms. The molecule has 5 nitrogen and oxygen atoms in total. The Morgan fingerprint density at radius 1 is 1.42 bits per heavy atom. The van der Waals surface area contributed by atoms with Crippen molar-refractivity contribution in [3.8, 4) is 0 Å². The highest BCUT2D eigenvalue weighted by atomic mass is 127. The largest absolute Gasteiger partial charge is 0.357 e. The molecule has 1 fully saturated rings. The van der Waals surface area contributed by atoms with Crippen molar-refractivity contribution < 1.29 is 0 Å². The average molecular weight is 487 g/mol. The van der Waals surface area contributed by atoms with Crippen molar-refractivity contribution in [2.24, 2.45) is 10.9 Å². The van der Waals surface area contributed by atoms with Crippen LogP contribution in [0.5, 0.6) is 0 Å². The Labute approximate surface area is 178 Å². The Morgan fingerprint density at radius 2 is 2.27 bits per heavy atom. The van der Waals surface area contributed by atoms with Gasteiger partial charge in [0.1, 0.15) is 5.65 Å². The molecule has 0 saturated carbocycles. The molecule has 0 spiro atoms. The van der Waals surface area contributed by atoms with Gasteiger partial charge in [-0.2, -0.15) is 11.8 Å². The van der Waals surface area contributed by atoms with Crippen LogP contribution in [0, 0.1) is 5.92 Å². The molecule has 0 aromatic carbocycles. The second-order valence-corrected chi connectivity index (χ2v) is 8.13. The van der Waals surface area contributed by atoms with E-state index < -0.39 is 0 Å². The van der Waals surface area contributed by atoms with Crippen LogP contribution in [0.25, 0.3) is 5.65 Å². The van der Waals surface area contributed by atoms with Gasteiger partial charge in [-0.25, -0.2) is 4.98 Å². The molecule has 144 valence electrons. The molecule has 7 heteroatoms. The van der Waals surface area contributed by atoms with E-state index >= 15 is 0 Å². The quantitative estimate of drug-likeness (QED) is 0.398. The molecule has 3 heterocycles. The smallest absolute Gasteiger partial charge is 0.193 e. The Kier molecular flexibility index (Phi) is 8.53. The summed E-state index contributed by atoms with van der Waals surface area (Å²) in [5.41, 5.74) is 2.10. The number of imidazole rings is 1. The van der Waals surface area contributed by atoms with Crippen LogP contribution in [0.4, 0.5) is 0 Å². The van der Waals surface area contributed by atoms with Crippen molar-refractivity contribution in [1.29, 1.82) is 0 Å². The van der Waals surface area contributed by atoms with Crippen molar-refractivity contribution in [3.05, 3.63) is 36.3 Å². The zero-order chi connectivity index (χ0) is 17.6. The lowest BCUT2D eigenvalue weighted by atomic mass is 10.1. The van der Waals surface area contributed by atoms with Gasteiger partial charge >= 0.3 is 0 Å². The molecule has 0 amide bonds. The molecule has 1 unspecified atom stereocenters. The second-order valence-electron chi connectivity index (χ2n) is 6.78. The summed E-state index contributed by atoms with van der Waals surface area (Å²) in [6, 6.07) is 6.08. The Balaban J connectivity index is 0.00000243. The van der Waals surface area contributed by atoms with Crippen molar-refractivity contribution >= 4 is 47.3 Å². The molecule has 1 aliphatic heterocycles. The van der Waals surface area contributed by atoms with Gasteiger partial charge in [-0.15, -0.1) is 24.0 Å². The maximum Gasteiger partial charge on any atom is 0.193 e. The molecule has 2 aromatic heterocycles. The number of nitrogens with zero attached hydrogens (tertiary/aromatic N) is 4. The number of guanidine groups is 1. The van der Waals surface area contributed by atoms with E-state index in [9.17, 15) is 0 Å². The third-order valence-corrected chi connectivity index (χ3v) is 6.05. The summed E-state index contributed by atoms with van der Waals surface area (Å²) in [4.78, 5) is 12.0. The first-order valence-corrected chi connectivity index (χ1v) is 10.3. The molecule has 3 rings (SSSR count). The summed E-state index contributed by atoms with van der Waals surface area (Å²) >= 11 is 2.10. The lowest BCUT2D eigenvalue weighted by Gasteiger charge is -2.36. The number of nitrogens with one attached hydrogen (secondary N) is 1. The summed E-state index contributed by atoms with van der Waals surface area (Å²) < 4.78 is 2.07. The number of hydrogen-bond donors (Lipinski definition) is 1. The third-order valence-electron chi connectivity index (χ3n) is 4.51. The number of thioether (sulfide) groups is 1. The second kappa shape index (κ2) is 10.4. The van der Waals surface area contributed by atoms with Crippen LogP contribution in [0.3, 0.4) is 0 Å². The fourth-order valence-corrected chi connectivity index (χ4v) is 4.38. The number of rotatable bonds is 5. The predicted molar refractivity (Wildman–Crippen MR) is 123 cm³/mol. The zero-order valence-corrected chi connectivity index (χ0v) is 19.0. The highest BCUT2D eigenvalue weighted by Gasteiger charge is 2.24. The van der Waals surface area contributed by atoms with E-state index in [2.05, 4.69) is 58.3 Å². The summed E-state index contributed by atoms with van der Waals surface area (Å²) in [6.07, 6.45) is 5.01. The average Bonchev–Trinajstić information content (AvgIpc) is 3.04. The molecule has 0 aliphatic carbocycles. The molecule has 1 N–H and O–H groups in total. The Hall–Kier alpha value is -0.960. The maximum atomic E-state index is 4.87. The SMILES string of the molecule is CCNC(=NCCc1cn2ccccc2n1)N1CCSC(C(C)C)C1.I. The van der Waals surface area contributed by atoms with Gasteiger partial charge in [-0.05, 0) is 25.0 Å². The van der Waals surface area contributed by atoms with E-state index in [1.807, 2.05) is 24.4 Å². The van der Waals surface area contributed by atoms with Crippen LogP contribution in [-0.4, -0.2) is 57.4 Å². The molecule has 1 atom stereocenters. The molecule has 0 radical (unpaired) electrons. The fraction of sp³-hybridized carbons (Fsp3) is 0.579. The van der Waals surface area contributed by atoms with Crippen molar-refractivity contribution in [2.45, 2.75) is 32.4 Å². The zero-order valence-electron chi connectivity index (χ0n) is 15.9. The number of halogens is 1. The van der Waals surface area contributed by atoms with E-state index in [1.54, 1.807) is 0 Å². The monoisotopic (exact) mass is 487 g/mol. The first kappa shape index (κ1) is 21.3. The molecular weight excluding hydrogens is 457 g/mol. The summed E-state index contributed by atoms with van der Waals surface area (Å²) in [7, 11) is 0. The number of pyridine rings is 1. The lowest BCUT2D eigenvalue weighted by molar-refractivity contribution is 0.381. The van der Waals surface area contributed by atoms with Crippen molar-refractivity contribution in [3.63, 3.8) is 0 Å². The van der Waals surface area contributed by atoms with E-state index in [0.29, 0.717) is 11.2 Å². The van der Waals surface area contributed by atoms with Crippen molar-refractivity contribution in [2.75, 3.05) is 31.9 Å². The van der Waals surface area contributed by atoms with Crippen molar-refractivity contribution in [1.82, 2.24) is 19.6 Å². The normalized spacial score (nSPS) is 18.2. The van der Waals surface area contributed by atoms with Gasteiger partial charge < -0.3 is 14.6 Å². The fourth-order valence-electron chi connectivity index (χ4n) is 3.08. The van der Waals surface area contributed by atoms with Gasteiger partial charge in [0.15, 0.2) is 5.96 Å². The molecule has 1 aliphatic rings. The number of fused-ring (bicyclic) bond motifs is 1.